The van der Waals surface area contributed by atoms with Crippen molar-refractivity contribution in [2.24, 2.45) is 0 Å². The van der Waals surface area contributed by atoms with Gasteiger partial charge in [-0.2, -0.15) is 0 Å². The summed E-state index contributed by atoms with van der Waals surface area (Å²) in [5, 5.41) is 10.4. The Morgan fingerprint density at radius 1 is 1.27 bits per heavy atom. The van der Waals surface area contributed by atoms with E-state index in [1.807, 2.05) is 18.2 Å². The summed E-state index contributed by atoms with van der Waals surface area (Å²) in [6, 6.07) is 5.56. The Hall–Kier alpha value is -3.36. The molecule has 26 heavy (non-hydrogen) atoms. The van der Waals surface area contributed by atoms with Gasteiger partial charge in [0.15, 0.2) is 22.7 Å². The average molecular weight is 357 g/mol. The lowest BCUT2D eigenvalue weighted by Crippen LogP contribution is -2.27. The summed E-state index contributed by atoms with van der Waals surface area (Å²) in [5.74, 6) is 0.822. The number of rotatable bonds is 6. The van der Waals surface area contributed by atoms with Crippen molar-refractivity contribution in [1.82, 2.24) is 25.1 Å². The van der Waals surface area contributed by atoms with Crippen LogP contribution in [0.5, 0.6) is 11.5 Å². The molecule has 0 aliphatic heterocycles. The molecule has 2 N–H and O–H groups in total. The number of benzene rings is 1. The fraction of sp³-hybridized carbons (Fsp3) is 0.294. The molecule has 0 saturated carbocycles. The van der Waals surface area contributed by atoms with Crippen molar-refractivity contribution in [3.8, 4) is 11.5 Å². The van der Waals surface area contributed by atoms with Crippen LogP contribution in [0.15, 0.2) is 29.2 Å². The second-order valence-corrected chi connectivity index (χ2v) is 5.69. The molecule has 1 aromatic carbocycles. The molecule has 0 fully saturated rings. The highest BCUT2D eigenvalue weighted by Gasteiger charge is 2.17. The molecule has 136 valence electrons. The molecule has 0 aliphatic carbocycles. The molecule has 0 unspecified atom stereocenters. The van der Waals surface area contributed by atoms with Crippen molar-refractivity contribution in [3.63, 3.8) is 0 Å². The van der Waals surface area contributed by atoms with Crippen LogP contribution in [0, 0.1) is 6.92 Å². The summed E-state index contributed by atoms with van der Waals surface area (Å²) in [5.41, 5.74) is 1.33. The highest BCUT2D eigenvalue weighted by molar-refractivity contribution is 5.98. The zero-order valence-electron chi connectivity index (χ0n) is 14.7. The van der Waals surface area contributed by atoms with Gasteiger partial charge in [-0.25, -0.2) is 4.52 Å². The minimum atomic E-state index is -0.449. The van der Waals surface area contributed by atoms with E-state index in [1.165, 1.54) is 4.52 Å². The highest BCUT2D eigenvalue weighted by atomic mass is 16.5. The lowest BCUT2D eigenvalue weighted by atomic mass is 10.1. The maximum atomic E-state index is 12.3. The molecule has 0 bridgehead atoms. The summed E-state index contributed by atoms with van der Waals surface area (Å²) in [6.07, 6.45) is 2.19. The van der Waals surface area contributed by atoms with Gasteiger partial charge in [-0.3, -0.25) is 9.59 Å². The summed E-state index contributed by atoms with van der Waals surface area (Å²) >= 11 is 0. The highest BCUT2D eigenvalue weighted by Crippen LogP contribution is 2.27. The third-order valence-corrected chi connectivity index (χ3v) is 3.90. The van der Waals surface area contributed by atoms with Gasteiger partial charge in [0.25, 0.3) is 11.5 Å². The van der Waals surface area contributed by atoms with Gasteiger partial charge in [0.1, 0.15) is 0 Å². The van der Waals surface area contributed by atoms with Crippen molar-refractivity contribution >= 4 is 11.4 Å². The Kier molecular flexibility index (Phi) is 4.87. The van der Waals surface area contributed by atoms with E-state index >= 15 is 0 Å². The second kappa shape index (κ2) is 7.26. The Morgan fingerprint density at radius 3 is 2.77 bits per heavy atom. The number of amides is 1. The van der Waals surface area contributed by atoms with E-state index in [4.69, 9.17) is 9.47 Å². The van der Waals surface area contributed by atoms with Crippen molar-refractivity contribution in [3.05, 3.63) is 51.7 Å². The molecule has 1 amide bonds. The molecule has 3 rings (SSSR count). The van der Waals surface area contributed by atoms with E-state index in [2.05, 4.69) is 20.6 Å². The molecule has 0 spiro atoms. The van der Waals surface area contributed by atoms with Crippen LogP contribution in [-0.2, 0) is 6.42 Å². The first kappa shape index (κ1) is 17.5. The number of aromatic amines is 1. The van der Waals surface area contributed by atoms with Crippen molar-refractivity contribution in [2.45, 2.75) is 13.3 Å². The van der Waals surface area contributed by atoms with Crippen molar-refractivity contribution in [1.29, 1.82) is 0 Å². The fourth-order valence-electron chi connectivity index (χ4n) is 2.64. The molecule has 3 aromatic rings. The smallest absolute Gasteiger partial charge is 0.276 e. The van der Waals surface area contributed by atoms with E-state index in [-0.39, 0.29) is 11.2 Å². The number of aromatic nitrogens is 4. The minimum Gasteiger partial charge on any atom is -0.493 e. The third kappa shape index (κ3) is 3.37. The van der Waals surface area contributed by atoms with Crippen LogP contribution in [0.1, 0.15) is 21.7 Å². The first-order chi connectivity index (χ1) is 12.5. The fourth-order valence-corrected chi connectivity index (χ4v) is 2.64. The topological polar surface area (TPSA) is 111 Å². The predicted octanol–water partition coefficient (Wildman–Crippen LogP) is 0.716. The summed E-state index contributed by atoms with van der Waals surface area (Å²) < 4.78 is 11.8. The number of H-pyrrole nitrogens is 1. The van der Waals surface area contributed by atoms with Crippen molar-refractivity contribution in [2.75, 3.05) is 20.8 Å². The van der Waals surface area contributed by atoms with E-state index in [0.29, 0.717) is 30.2 Å². The first-order valence-corrected chi connectivity index (χ1v) is 7.97. The normalized spacial score (nSPS) is 10.7. The molecule has 0 saturated heterocycles. The average Bonchev–Trinajstić information content (AvgIpc) is 3.05. The van der Waals surface area contributed by atoms with Gasteiger partial charge in [-0.15, -0.1) is 5.10 Å². The predicted molar refractivity (Wildman–Crippen MR) is 93.9 cm³/mol. The van der Waals surface area contributed by atoms with Gasteiger partial charge in [0, 0.05) is 12.2 Å². The molecular weight excluding hydrogens is 338 g/mol. The lowest BCUT2D eigenvalue weighted by Gasteiger charge is -2.09. The van der Waals surface area contributed by atoms with Crippen molar-refractivity contribution < 1.29 is 14.3 Å². The Labute approximate surface area is 148 Å². The van der Waals surface area contributed by atoms with Crippen LogP contribution < -0.4 is 20.3 Å². The van der Waals surface area contributed by atoms with Crippen LogP contribution in [0.4, 0.5) is 0 Å². The van der Waals surface area contributed by atoms with Gasteiger partial charge in [0.05, 0.1) is 20.4 Å². The largest absolute Gasteiger partial charge is 0.493 e. The molecule has 0 atom stereocenters. The molecule has 0 aliphatic rings. The van der Waals surface area contributed by atoms with Gasteiger partial charge < -0.3 is 19.8 Å². The number of ether oxygens (including phenoxy) is 2. The maximum Gasteiger partial charge on any atom is 0.276 e. The van der Waals surface area contributed by atoms with E-state index < -0.39 is 11.5 Å². The number of carbonyl (C=O) groups excluding carboxylic acids is 1. The van der Waals surface area contributed by atoms with Crippen LogP contribution >= 0.6 is 0 Å². The SMILES string of the molecule is COc1ccc(CCNC(=O)c2nnn3cc(C)[nH]c(=O)c23)cc1OC. The number of nitrogens with one attached hydrogen (secondary N) is 2. The van der Waals surface area contributed by atoms with Crippen LogP contribution in [0.2, 0.25) is 0 Å². The first-order valence-electron chi connectivity index (χ1n) is 7.97. The van der Waals surface area contributed by atoms with Gasteiger partial charge >= 0.3 is 0 Å². The Morgan fingerprint density at radius 2 is 2.04 bits per heavy atom. The number of hydrogen-bond acceptors (Lipinski definition) is 6. The van der Waals surface area contributed by atoms with Gasteiger partial charge in [0.2, 0.25) is 0 Å². The molecule has 9 nitrogen and oxygen atoms in total. The molecule has 2 aromatic heterocycles. The standard InChI is InChI=1S/C17H19N5O4/c1-10-9-22-15(17(24)19-10)14(20-21-22)16(23)18-7-6-11-4-5-12(25-2)13(8-11)26-3/h4-5,8-9H,6-7H2,1-3H3,(H,18,23)(H,19,24). The van der Waals surface area contributed by atoms with Gasteiger partial charge in [-0.05, 0) is 31.0 Å². The maximum absolute atomic E-state index is 12.3. The molecule has 9 heteroatoms. The number of fused-ring (bicyclic) bond motifs is 1. The van der Waals surface area contributed by atoms with Crippen LogP contribution in [-0.4, -0.2) is 46.5 Å². The Balaban J connectivity index is 1.69. The third-order valence-electron chi connectivity index (χ3n) is 3.90. The lowest BCUT2D eigenvalue weighted by molar-refractivity contribution is 0.0950. The quantitative estimate of drug-likeness (QED) is 0.672. The minimum absolute atomic E-state index is 0.00133. The number of carbonyl (C=O) groups is 1. The summed E-state index contributed by atoms with van der Waals surface area (Å²) in [6.45, 7) is 2.10. The molecule has 2 heterocycles. The van der Waals surface area contributed by atoms with Gasteiger partial charge in [-0.1, -0.05) is 11.3 Å². The summed E-state index contributed by atoms with van der Waals surface area (Å²) in [4.78, 5) is 27.0. The summed E-state index contributed by atoms with van der Waals surface area (Å²) in [7, 11) is 3.14. The number of nitrogens with zero attached hydrogens (tertiary/aromatic N) is 3. The van der Waals surface area contributed by atoms with Crippen LogP contribution in [0.3, 0.4) is 0 Å². The number of aryl methyl sites for hydroxylation is 1. The zero-order chi connectivity index (χ0) is 18.7. The van der Waals surface area contributed by atoms with E-state index in [1.54, 1.807) is 27.3 Å². The molecule has 0 radical (unpaired) electrons. The van der Waals surface area contributed by atoms with Crippen LogP contribution in [0.25, 0.3) is 5.52 Å². The van der Waals surface area contributed by atoms with E-state index in [9.17, 15) is 9.59 Å². The molecular formula is C17H19N5O4. The van der Waals surface area contributed by atoms with E-state index in [0.717, 1.165) is 5.56 Å². The Bertz CT molecular complexity index is 1010. The number of methoxy groups -OCH3 is 2. The number of hydrogen-bond donors (Lipinski definition) is 2. The zero-order valence-corrected chi connectivity index (χ0v) is 14.7. The second-order valence-electron chi connectivity index (χ2n) is 5.69. The monoisotopic (exact) mass is 357 g/mol.